The van der Waals surface area contributed by atoms with E-state index in [1.54, 1.807) is 0 Å². The van der Waals surface area contributed by atoms with Gasteiger partial charge in [-0.1, -0.05) is 32.9 Å². The number of aromatic hydroxyl groups is 1. The molecule has 4 nitrogen and oxygen atoms in total. The van der Waals surface area contributed by atoms with Gasteiger partial charge in [0.25, 0.3) is 0 Å². The first-order valence-corrected chi connectivity index (χ1v) is 9.65. The van der Waals surface area contributed by atoms with E-state index in [-0.39, 0.29) is 5.41 Å². The largest absolute Gasteiger partial charge is 0.513 e. The van der Waals surface area contributed by atoms with Gasteiger partial charge in [-0.2, -0.15) is 0 Å². The number of phenolic OH excluding ortho intramolecular Hbond substituents is 1. The number of hydrogen-bond donors (Lipinski definition) is 1. The van der Waals surface area contributed by atoms with Crippen LogP contribution in [0.25, 0.3) is 10.8 Å². The molecule has 2 aromatic rings. The second-order valence-electron chi connectivity index (χ2n) is 7.90. The van der Waals surface area contributed by atoms with E-state index in [2.05, 4.69) is 13.8 Å². The van der Waals surface area contributed by atoms with E-state index < -0.39 is 6.16 Å². The van der Waals surface area contributed by atoms with Crippen LogP contribution in [0.15, 0.2) is 18.2 Å². The Bertz CT molecular complexity index is 886. The average Bonchev–Trinajstić information content (AvgIpc) is 3.16. The molecule has 0 aliphatic heterocycles. The molecule has 26 heavy (non-hydrogen) atoms. The van der Waals surface area contributed by atoms with E-state index in [0.29, 0.717) is 24.0 Å². The standard InChI is InChI=1S/C22H26O4/c1-4-10-25-21(24)26-20-16-11-13(5-2)6-7-15(16)19(23)18-17(20)14-8-9-22(18,3)12-14/h6-7,11,14,23H,4-5,8-10,12H2,1-3H3. The van der Waals surface area contributed by atoms with Gasteiger partial charge < -0.3 is 14.6 Å². The number of fused-ring (bicyclic) bond motifs is 6. The molecular weight excluding hydrogens is 328 g/mol. The Kier molecular flexibility index (Phi) is 4.09. The minimum atomic E-state index is -0.657. The summed E-state index contributed by atoms with van der Waals surface area (Å²) in [7, 11) is 0. The van der Waals surface area contributed by atoms with Gasteiger partial charge >= 0.3 is 6.16 Å². The number of benzene rings is 2. The highest BCUT2D eigenvalue weighted by Crippen LogP contribution is 2.63. The summed E-state index contributed by atoms with van der Waals surface area (Å²) in [6.07, 6.45) is 4.13. The number of ether oxygens (including phenoxy) is 2. The van der Waals surface area contributed by atoms with Gasteiger partial charge in [0.05, 0.1) is 6.61 Å². The Balaban J connectivity index is 1.94. The van der Waals surface area contributed by atoms with Gasteiger partial charge in [-0.05, 0) is 55.1 Å². The molecule has 2 bridgehead atoms. The van der Waals surface area contributed by atoms with Crippen LogP contribution >= 0.6 is 0 Å². The number of aryl methyl sites for hydroxylation is 1. The summed E-state index contributed by atoms with van der Waals surface area (Å²) in [6.45, 7) is 6.60. The predicted octanol–water partition coefficient (Wildman–Crippen LogP) is 5.57. The molecule has 2 aliphatic carbocycles. The fraction of sp³-hybridized carbons (Fsp3) is 0.500. The molecule has 0 heterocycles. The van der Waals surface area contributed by atoms with Crippen LogP contribution in [0.3, 0.4) is 0 Å². The van der Waals surface area contributed by atoms with Crippen molar-refractivity contribution in [3.63, 3.8) is 0 Å². The predicted molar refractivity (Wildman–Crippen MR) is 101 cm³/mol. The molecule has 2 aromatic carbocycles. The molecule has 0 saturated heterocycles. The molecule has 1 saturated carbocycles. The zero-order valence-corrected chi connectivity index (χ0v) is 15.7. The highest BCUT2D eigenvalue weighted by atomic mass is 16.7. The van der Waals surface area contributed by atoms with Crippen molar-refractivity contribution in [2.75, 3.05) is 6.61 Å². The van der Waals surface area contributed by atoms with Gasteiger partial charge in [0.1, 0.15) is 11.5 Å². The van der Waals surface area contributed by atoms with Gasteiger partial charge in [0.2, 0.25) is 0 Å². The number of phenols is 1. The fourth-order valence-corrected chi connectivity index (χ4v) is 4.85. The number of rotatable bonds is 4. The Labute approximate surface area is 154 Å². The molecular formula is C22H26O4. The molecule has 0 aromatic heterocycles. The van der Waals surface area contributed by atoms with Crippen molar-refractivity contribution >= 4 is 16.9 Å². The third-order valence-electron chi connectivity index (χ3n) is 6.11. The van der Waals surface area contributed by atoms with E-state index in [4.69, 9.17) is 9.47 Å². The minimum Gasteiger partial charge on any atom is -0.507 e. The maximum atomic E-state index is 12.2. The normalized spacial score (nSPS) is 23.3. The topological polar surface area (TPSA) is 55.8 Å². The van der Waals surface area contributed by atoms with E-state index in [9.17, 15) is 9.90 Å². The second kappa shape index (κ2) is 6.19. The van der Waals surface area contributed by atoms with Gasteiger partial charge in [0, 0.05) is 21.9 Å². The highest BCUT2D eigenvalue weighted by Gasteiger charge is 2.50. The smallest absolute Gasteiger partial charge is 0.507 e. The van der Waals surface area contributed by atoms with Crippen LogP contribution in [0.5, 0.6) is 11.5 Å². The number of carbonyl (C=O) groups is 1. The Hall–Kier alpha value is -2.23. The molecule has 2 unspecified atom stereocenters. The molecule has 2 aliphatic rings. The molecule has 0 radical (unpaired) electrons. The van der Waals surface area contributed by atoms with Crippen LogP contribution < -0.4 is 4.74 Å². The molecule has 0 amide bonds. The Morgan fingerprint density at radius 2 is 2.12 bits per heavy atom. The zero-order chi connectivity index (χ0) is 18.5. The van der Waals surface area contributed by atoms with Crippen LogP contribution in [0.4, 0.5) is 4.79 Å². The second-order valence-corrected chi connectivity index (χ2v) is 7.90. The third-order valence-corrected chi connectivity index (χ3v) is 6.11. The quantitative estimate of drug-likeness (QED) is 0.576. The van der Waals surface area contributed by atoms with Crippen molar-refractivity contribution in [3.05, 3.63) is 34.9 Å². The highest BCUT2D eigenvalue weighted by molar-refractivity contribution is 5.98. The fourth-order valence-electron chi connectivity index (χ4n) is 4.85. The van der Waals surface area contributed by atoms with Crippen molar-refractivity contribution in [3.8, 4) is 11.5 Å². The summed E-state index contributed by atoms with van der Waals surface area (Å²) in [5.74, 6) is 1.29. The van der Waals surface area contributed by atoms with Crippen molar-refractivity contribution in [1.29, 1.82) is 0 Å². The molecule has 0 spiro atoms. The minimum absolute atomic E-state index is 0.0346. The lowest BCUT2D eigenvalue weighted by molar-refractivity contribution is 0.0992. The lowest BCUT2D eigenvalue weighted by atomic mass is 9.78. The van der Waals surface area contributed by atoms with E-state index in [1.165, 1.54) is 0 Å². The maximum absolute atomic E-state index is 12.2. The summed E-state index contributed by atoms with van der Waals surface area (Å²) in [5.41, 5.74) is 3.11. The lowest BCUT2D eigenvalue weighted by Crippen LogP contribution is -2.18. The van der Waals surface area contributed by atoms with Crippen LogP contribution in [0.1, 0.15) is 69.1 Å². The van der Waals surface area contributed by atoms with Gasteiger partial charge in [-0.25, -0.2) is 4.79 Å². The first kappa shape index (κ1) is 17.2. The molecule has 2 atom stereocenters. The summed E-state index contributed by atoms with van der Waals surface area (Å²) >= 11 is 0. The summed E-state index contributed by atoms with van der Waals surface area (Å²) in [6, 6.07) is 6.01. The molecule has 1 N–H and O–H groups in total. The van der Waals surface area contributed by atoms with E-state index in [0.717, 1.165) is 59.6 Å². The van der Waals surface area contributed by atoms with Crippen LogP contribution in [0, 0.1) is 0 Å². The van der Waals surface area contributed by atoms with E-state index in [1.807, 2.05) is 25.1 Å². The number of hydrogen-bond acceptors (Lipinski definition) is 4. The van der Waals surface area contributed by atoms with Crippen molar-refractivity contribution in [1.82, 2.24) is 0 Å². The number of carbonyl (C=O) groups excluding carboxylic acids is 1. The summed E-state index contributed by atoms with van der Waals surface area (Å²) in [5, 5.41) is 12.6. The molecule has 4 heteroatoms. The summed E-state index contributed by atoms with van der Waals surface area (Å²) < 4.78 is 10.9. The Morgan fingerprint density at radius 1 is 1.31 bits per heavy atom. The van der Waals surface area contributed by atoms with E-state index >= 15 is 0 Å². The Morgan fingerprint density at radius 3 is 2.85 bits per heavy atom. The van der Waals surface area contributed by atoms with Crippen molar-refractivity contribution in [2.24, 2.45) is 0 Å². The third kappa shape index (κ3) is 2.46. The molecule has 138 valence electrons. The summed E-state index contributed by atoms with van der Waals surface area (Å²) in [4.78, 5) is 12.2. The van der Waals surface area contributed by atoms with Crippen molar-refractivity contribution in [2.45, 2.75) is 64.2 Å². The average molecular weight is 354 g/mol. The zero-order valence-electron chi connectivity index (χ0n) is 15.7. The maximum Gasteiger partial charge on any atom is 0.513 e. The lowest BCUT2D eigenvalue weighted by Gasteiger charge is -2.28. The van der Waals surface area contributed by atoms with Gasteiger partial charge in [0.15, 0.2) is 0 Å². The first-order valence-electron chi connectivity index (χ1n) is 9.65. The van der Waals surface area contributed by atoms with Gasteiger partial charge in [-0.15, -0.1) is 0 Å². The SMILES string of the molecule is CCCOC(=O)Oc1c2c(c(O)c3ccc(CC)cc13)C1(C)CCC2C1. The van der Waals surface area contributed by atoms with Crippen molar-refractivity contribution < 1.29 is 19.4 Å². The van der Waals surface area contributed by atoms with Crippen LogP contribution in [-0.4, -0.2) is 17.9 Å². The molecule has 1 fully saturated rings. The van der Waals surface area contributed by atoms with Gasteiger partial charge in [-0.3, -0.25) is 0 Å². The monoisotopic (exact) mass is 354 g/mol. The molecule has 4 rings (SSSR count). The first-order chi connectivity index (χ1) is 12.5. The van der Waals surface area contributed by atoms with Crippen LogP contribution in [-0.2, 0) is 16.6 Å². The van der Waals surface area contributed by atoms with Crippen LogP contribution in [0.2, 0.25) is 0 Å².